The van der Waals surface area contributed by atoms with Crippen LogP contribution in [0.15, 0.2) is 96.7 Å². The second kappa shape index (κ2) is 8.31. The van der Waals surface area contributed by atoms with E-state index in [1.165, 1.54) is 6.26 Å². The van der Waals surface area contributed by atoms with Gasteiger partial charge in [-0.2, -0.15) is 0 Å². The fourth-order valence-corrected chi connectivity index (χ4v) is 3.17. The van der Waals surface area contributed by atoms with Gasteiger partial charge in [0.2, 0.25) is 0 Å². The largest absolute Gasteiger partial charge is 0.473 e. The maximum absolute atomic E-state index is 12.8. The van der Waals surface area contributed by atoms with Gasteiger partial charge in [0, 0.05) is 18.1 Å². The molecular formula is C24H18O7. The van der Waals surface area contributed by atoms with Gasteiger partial charge in [-0.15, -0.1) is 0 Å². The van der Waals surface area contributed by atoms with E-state index in [1.807, 2.05) is 24.3 Å². The summed E-state index contributed by atoms with van der Waals surface area (Å²) in [5.41, 5.74) is 1.09. The molecule has 5 rings (SSSR count). The first-order valence-corrected chi connectivity index (χ1v) is 9.69. The monoisotopic (exact) mass is 418 g/mol. The Morgan fingerprint density at radius 3 is 2.68 bits per heavy atom. The van der Waals surface area contributed by atoms with Crippen molar-refractivity contribution in [3.8, 4) is 23.0 Å². The zero-order chi connectivity index (χ0) is 21.0. The van der Waals surface area contributed by atoms with E-state index in [2.05, 4.69) is 0 Å². The number of hydrogen-bond donors (Lipinski definition) is 0. The second-order valence-electron chi connectivity index (χ2n) is 6.82. The molecule has 7 nitrogen and oxygen atoms in total. The van der Waals surface area contributed by atoms with E-state index in [9.17, 15) is 4.79 Å². The van der Waals surface area contributed by atoms with Crippen molar-refractivity contribution in [2.45, 2.75) is 19.0 Å². The molecule has 3 heterocycles. The standard InChI is InChI=1S/C24H18O7/c25-22(19-9-5-13-27-24(19)29-17-7-2-1-3-8-17)28-18-10-11-20-21(14-18)31-23(30-20)16-6-4-12-26-15-16/h1-5,7-15,23-24H,6H2. The van der Waals surface area contributed by atoms with Crippen molar-refractivity contribution in [3.63, 3.8) is 0 Å². The number of allylic oxidation sites excluding steroid dienone is 3. The summed E-state index contributed by atoms with van der Waals surface area (Å²) in [6, 6.07) is 14.0. The Hall–Kier alpha value is -4.13. The van der Waals surface area contributed by atoms with Gasteiger partial charge in [0.15, 0.2) is 11.5 Å². The summed E-state index contributed by atoms with van der Waals surface area (Å²) < 4.78 is 33.6. The van der Waals surface area contributed by atoms with E-state index in [-0.39, 0.29) is 5.57 Å². The van der Waals surface area contributed by atoms with Crippen LogP contribution < -0.4 is 18.9 Å². The summed E-state index contributed by atoms with van der Waals surface area (Å²) in [5, 5.41) is 0. The van der Waals surface area contributed by atoms with E-state index in [0.29, 0.717) is 29.4 Å². The highest BCUT2D eigenvalue weighted by Crippen LogP contribution is 2.40. The smallest absolute Gasteiger partial charge is 0.347 e. The van der Waals surface area contributed by atoms with Crippen LogP contribution in [0.2, 0.25) is 0 Å². The van der Waals surface area contributed by atoms with E-state index in [1.54, 1.807) is 55.0 Å². The Kier molecular flexibility index (Phi) is 5.06. The van der Waals surface area contributed by atoms with Crippen LogP contribution in [0, 0.1) is 0 Å². The summed E-state index contributed by atoms with van der Waals surface area (Å²) in [6.45, 7) is 0. The summed E-state index contributed by atoms with van der Waals surface area (Å²) >= 11 is 0. The Labute approximate surface area is 178 Å². The molecule has 0 fully saturated rings. The molecule has 2 aromatic rings. The highest BCUT2D eigenvalue weighted by molar-refractivity contribution is 5.91. The number of benzene rings is 2. The fourth-order valence-electron chi connectivity index (χ4n) is 3.17. The number of fused-ring (bicyclic) bond motifs is 1. The molecule has 0 saturated carbocycles. The summed E-state index contributed by atoms with van der Waals surface area (Å²) in [7, 11) is 0. The van der Waals surface area contributed by atoms with Gasteiger partial charge in [-0.25, -0.2) is 4.79 Å². The lowest BCUT2D eigenvalue weighted by atomic mass is 10.2. The van der Waals surface area contributed by atoms with Crippen molar-refractivity contribution >= 4 is 5.97 Å². The van der Waals surface area contributed by atoms with Gasteiger partial charge >= 0.3 is 5.97 Å². The van der Waals surface area contributed by atoms with E-state index in [4.69, 9.17) is 28.4 Å². The minimum Gasteiger partial charge on any atom is -0.473 e. The van der Waals surface area contributed by atoms with Gasteiger partial charge in [-0.1, -0.05) is 18.2 Å². The molecule has 7 heteroatoms. The van der Waals surface area contributed by atoms with Gasteiger partial charge in [0.05, 0.1) is 18.8 Å². The van der Waals surface area contributed by atoms with Crippen LogP contribution in [0.1, 0.15) is 6.42 Å². The molecule has 0 radical (unpaired) electrons. The Balaban J connectivity index is 1.27. The normalized spacial score (nSPS) is 20.8. The first kappa shape index (κ1) is 18.9. The molecule has 3 aliphatic heterocycles. The molecule has 0 N–H and O–H groups in total. The van der Waals surface area contributed by atoms with Gasteiger partial charge < -0.3 is 28.4 Å². The number of hydrogen-bond acceptors (Lipinski definition) is 7. The minimum absolute atomic E-state index is 0.234. The van der Waals surface area contributed by atoms with Gasteiger partial charge in [-0.3, -0.25) is 0 Å². The van der Waals surface area contributed by atoms with Crippen molar-refractivity contribution in [2.24, 2.45) is 0 Å². The number of rotatable bonds is 5. The molecule has 2 aromatic carbocycles. The number of esters is 1. The lowest BCUT2D eigenvalue weighted by Gasteiger charge is -2.22. The quantitative estimate of drug-likeness (QED) is 0.527. The molecule has 2 unspecified atom stereocenters. The van der Waals surface area contributed by atoms with Crippen LogP contribution in [0.4, 0.5) is 0 Å². The molecule has 0 aliphatic carbocycles. The number of para-hydroxylation sites is 1. The Morgan fingerprint density at radius 2 is 1.84 bits per heavy atom. The van der Waals surface area contributed by atoms with E-state index >= 15 is 0 Å². The molecule has 156 valence electrons. The minimum atomic E-state index is -0.912. The summed E-state index contributed by atoms with van der Waals surface area (Å²) in [6.07, 6.45) is 8.95. The van der Waals surface area contributed by atoms with Gasteiger partial charge in [0.1, 0.15) is 17.1 Å². The first-order chi connectivity index (χ1) is 15.3. The third-order valence-corrected chi connectivity index (χ3v) is 4.68. The molecule has 2 atom stereocenters. The Bertz CT molecular complexity index is 1100. The summed E-state index contributed by atoms with van der Waals surface area (Å²) in [4.78, 5) is 12.8. The SMILES string of the molecule is O=C(Oc1ccc2c(c1)OC(C1=COC=CC1)O2)C1=CC=COC1Oc1ccccc1. The molecule has 31 heavy (non-hydrogen) atoms. The van der Waals surface area contributed by atoms with Crippen molar-refractivity contribution < 1.29 is 33.2 Å². The van der Waals surface area contributed by atoms with E-state index in [0.717, 1.165) is 5.57 Å². The molecule has 3 aliphatic rings. The zero-order valence-corrected chi connectivity index (χ0v) is 16.3. The first-order valence-electron chi connectivity index (χ1n) is 9.69. The molecule has 0 aromatic heterocycles. The van der Waals surface area contributed by atoms with Crippen molar-refractivity contribution in [1.29, 1.82) is 0 Å². The Morgan fingerprint density at radius 1 is 0.968 bits per heavy atom. The highest BCUT2D eigenvalue weighted by Gasteiger charge is 2.30. The highest BCUT2D eigenvalue weighted by atomic mass is 16.7. The molecule has 0 saturated heterocycles. The lowest BCUT2D eigenvalue weighted by molar-refractivity contribution is -0.133. The van der Waals surface area contributed by atoms with E-state index < -0.39 is 18.5 Å². The predicted octanol–water partition coefficient (Wildman–Crippen LogP) is 4.38. The molecular weight excluding hydrogens is 400 g/mol. The average molecular weight is 418 g/mol. The van der Waals surface area contributed by atoms with Crippen molar-refractivity contribution in [1.82, 2.24) is 0 Å². The van der Waals surface area contributed by atoms with Crippen molar-refractivity contribution in [3.05, 3.63) is 96.7 Å². The zero-order valence-electron chi connectivity index (χ0n) is 16.3. The van der Waals surface area contributed by atoms with Crippen LogP contribution >= 0.6 is 0 Å². The number of carbonyl (C=O) groups is 1. The maximum atomic E-state index is 12.8. The van der Waals surface area contributed by atoms with Crippen molar-refractivity contribution in [2.75, 3.05) is 0 Å². The summed E-state index contributed by atoms with van der Waals surface area (Å²) in [5.74, 6) is 1.35. The average Bonchev–Trinajstić information content (AvgIpc) is 3.24. The van der Waals surface area contributed by atoms with Crippen LogP contribution in [-0.4, -0.2) is 18.5 Å². The lowest BCUT2D eigenvalue weighted by Crippen LogP contribution is -2.29. The predicted molar refractivity (Wildman–Crippen MR) is 109 cm³/mol. The van der Waals surface area contributed by atoms with Gasteiger partial charge in [0.25, 0.3) is 12.6 Å². The van der Waals surface area contributed by atoms with Crippen LogP contribution in [0.3, 0.4) is 0 Å². The second-order valence-corrected chi connectivity index (χ2v) is 6.82. The third-order valence-electron chi connectivity index (χ3n) is 4.68. The maximum Gasteiger partial charge on any atom is 0.347 e. The van der Waals surface area contributed by atoms with Crippen LogP contribution in [0.25, 0.3) is 0 Å². The number of ether oxygens (including phenoxy) is 6. The van der Waals surface area contributed by atoms with Crippen LogP contribution in [0.5, 0.6) is 23.0 Å². The molecule has 0 bridgehead atoms. The topological polar surface area (TPSA) is 72.5 Å². The molecule has 0 amide bonds. The third kappa shape index (κ3) is 4.11. The van der Waals surface area contributed by atoms with Gasteiger partial charge in [-0.05, 0) is 42.5 Å². The van der Waals surface area contributed by atoms with Crippen LogP contribution in [-0.2, 0) is 14.3 Å². The molecule has 0 spiro atoms. The number of carbonyl (C=O) groups excluding carboxylic acids is 1. The fraction of sp³-hybridized carbons (Fsp3) is 0.125.